The van der Waals surface area contributed by atoms with Gasteiger partial charge in [0.1, 0.15) is 10.8 Å². The van der Waals surface area contributed by atoms with Crippen LogP contribution in [0.4, 0.5) is 0 Å². The number of hydrogen-bond acceptors (Lipinski definition) is 4. The molecule has 0 saturated carbocycles. The molecule has 0 bridgehead atoms. The van der Waals surface area contributed by atoms with Crippen LogP contribution in [-0.2, 0) is 13.0 Å². The van der Waals surface area contributed by atoms with Crippen LogP contribution in [0.25, 0.3) is 0 Å². The maximum atomic E-state index is 5.26. The molecule has 0 unspecified atom stereocenters. The molecule has 1 heterocycles. The Morgan fingerprint density at radius 2 is 2.16 bits per heavy atom. The first-order valence-electron chi connectivity index (χ1n) is 8.27. The zero-order valence-electron chi connectivity index (χ0n) is 15.0. The zero-order chi connectivity index (χ0) is 17.2. The van der Waals surface area contributed by atoms with Crippen LogP contribution in [-0.4, -0.2) is 31.1 Å². The number of methoxy groups -OCH3 is 1. The minimum atomic E-state index is 0. The van der Waals surface area contributed by atoms with Crippen molar-refractivity contribution in [2.24, 2.45) is 4.99 Å². The summed E-state index contributed by atoms with van der Waals surface area (Å²) >= 11 is 1.69. The standard InChI is InChI=1S/C18H26N4OS.HI/c1-4-19-18(22-13-17-21-12-14(2)24-17)20-10-6-8-15-7-5-9-16(11-15)23-3;/h5,7,9,11-12H,4,6,8,10,13H2,1-3H3,(H2,19,20,22);1H. The highest BCUT2D eigenvalue weighted by Crippen LogP contribution is 2.14. The lowest BCUT2D eigenvalue weighted by Gasteiger charge is -2.11. The van der Waals surface area contributed by atoms with Gasteiger partial charge in [-0.25, -0.2) is 9.98 Å². The molecular weight excluding hydrogens is 447 g/mol. The average Bonchev–Trinajstić information content (AvgIpc) is 3.02. The minimum Gasteiger partial charge on any atom is -0.497 e. The van der Waals surface area contributed by atoms with Crippen molar-refractivity contribution in [3.8, 4) is 5.75 Å². The molecule has 0 atom stereocenters. The maximum absolute atomic E-state index is 5.26. The highest BCUT2D eigenvalue weighted by molar-refractivity contribution is 14.0. The third kappa shape index (κ3) is 8.04. The molecule has 7 heteroatoms. The van der Waals surface area contributed by atoms with Crippen molar-refractivity contribution in [1.82, 2.24) is 15.6 Å². The van der Waals surface area contributed by atoms with Crippen molar-refractivity contribution >= 4 is 41.3 Å². The number of ether oxygens (including phenoxy) is 1. The lowest BCUT2D eigenvalue weighted by molar-refractivity contribution is 0.414. The van der Waals surface area contributed by atoms with Crippen molar-refractivity contribution in [3.05, 3.63) is 45.9 Å². The van der Waals surface area contributed by atoms with Gasteiger partial charge in [0, 0.05) is 24.2 Å². The Balaban J connectivity index is 0.00000312. The molecule has 25 heavy (non-hydrogen) atoms. The second-order valence-electron chi connectivity index (χ2n) is 5.44. The molecule has 0 fully saturated rings. The molecule has 0 spiro atoms. The Morgan fingerprint density at radius 1 is 1.32 bits per heavy atom. The topological polar surface area (TPSA) is 58.5 Å². The van der Waals surface area contributed by atoms with Gasteiger partial charge in [0.05, 0.1) is 13.7 Å². The average molecular weight is 474 g/mol. The van der Waals surface area contributed by atoms with E-state index in [9.17, 15) is 0 Å². The summed E-state index contributed by atoms with van der Waals surface area (Å²) in [6.45, 7) is 6.47. The summed E-state index contributed by atoms with van der Waals surface area (Å²) in [6.07, 6.45) is 3.94. The van der Waals surface area contributed by atoms with E-state index in [2.05, 4.69) is 46.6 Å². The van der Waals surface area contributed by atoms with E-state index in [-0.39, 0.29) is 24.0 Å². The van der Waals surface area contributed by atoms with Crippen LogP contribution in [0.5, 0.6) is 5.75 Å². The second-order valence-corrected chi connectivity index (χ2v) is 6.76. The van der Waals surface area contributed by atoms with E-state index in [4.69, 9.17) is 4.74 Å². The van der Waals surface area contributed by atoms with E-state index in [1.54, 1.807) is 18.4 Å². The van der Waals surface area contributed by atoms with Gasteiger partial charge in [0.2, 0.25) is 0 Å². The number of nitrogens with one attached hydrogen (secondary N) is 2. The zero-order valence-corrected chi connectivity index (χ0v) is 18.2. The quantitative estimate of drug-likeness (QED) is 0.265. The summed E-state index contributed by atoms with van der Waals surface area (Å²) in [5.41, 5.74) is 1.29. The van der Waals surface area contributed by atoms with Gasteiger partial charge in [-0.15, -0.1) is 35.3 Å². The van der Waals surface area contributed by atoms with Crippen LogP contribution in [0.3, 0.4) is 0 Å². The molecule has 2 aromatic rings. The number of guanidine groups is 1. The van der Waals surface area contributed by atoms with Crippen LogP contribution in [0.1, 0.15) is 28.8 Å². The van der Waals surface area contributed by atoms with E-state index in [1.807, 2.05) is 18.3 Å². The Bertz CT molecular complexity index is 660. The van der Waals surface area contributed by atoms with E-state index >= 15 is 0 Å². The van der Waals surface area contributed by atoms with Gasteiger partial charge in [-0.3, -0.25) is 0 Å². The monoisotopic (exact) mass is 474 g/mol. The number of halogens is 1. The molecule has 1 aromatic heterocycles. The van der Waals surface area contributed by atoms with E-state index in [0.717, 1.165) is 42.6 Å². The van der Waals surface area contributed by atoms with E-state index in [1.165, 1.54) is 10.4 Å². The molecule has 5 nitrogen and oxygen atoms in total. The van der Waals surface area contributed by atoms with Gasteiger partial charge >= 0.3 is 0 Å². The van der Waals surface area contributed by atoms with E-state index < -0.39 is 0 Å². The SMILES string of the molecule is CCNC(=NCc1ncc(C)s1)NCCCc1cccc(OC)c1.I. The van der Waals surface area contributed by atoms with Gasteiger partial charge in [0.25, 0.3) is 0 Å². The lowest BCUT2D eigenvalue weighted by Crippen LogP contribution is -2.37. The summed E-state index contributed by atoms with van der Waals surface area (Å²) in [5, 5.41) is 7.70. The Morgan fingerprint density at radius 3 is 2.84 bits per heavy atom. The van der Waals surface area contributed by atoms with Gasteiger partial charge in [-0.2, -0.15) is 0 Å². The second kappa shape index (κ2) is 12.1. The highest BCUT2D eigenvalue weighted by atomic mass is 127. The molecule has 2 N–H and O–H groups in total. The van der Waals surface area contributed by atoms with Crippen molar-refractivity contribution in [3.63, 3.8) is 0 Å². The number of aryl methyl sites for hydroxylation is 2. The Kier molecular flexibility index (Phi) is 10.5. The van der Waals surface area contributed by atoms with E-state index in [0.29, 0.717) is 6.54 Å². The molecule has 2 rings (SSSR count). The molecule has 138 valence electrons. The summed E-state index contributed by atoms with van der Waals surface area (Å²) in [5.74, 6) is 1.75. The Hall–Kier alpha value is -1.35. The molecule has 0 aliphatic heterocycles. The van der Waals surface area contributed by atoms with Crippen LogP contribution in [0, 0.1) is 6.92 Å². The number of hydrogen-bond donors (Lipinski definition) is 2. The third-order valence-corrected chi connectivity index (χ3v) is 4.35. The molecule has 0 radical (unpaired) electrons. The molecule has 0 aliphatic carbocycles. The normalized spacial score (nSPS) is 10.9. The summed E-state index contributed by atoms with van der Waals surface area (Å²) in [4.78, 5) is 10.2. The summed E-state index contributed by atoms with van der Waals surface area (Å²) in [7, 11) is 1.70. The van der Waals surface area contributed by atoms with Gasteiger partial charge in [-0.1, -0.05) is 12.1 Å². The first-order valence-corrected chi connectivity index (χ1v) is 9.09. The largest absolute Gasteiger partial charge is 0.497 e. The number of rotatable bonds is 8. The van der Waals surface area contributed by atoms with Crippen molar-refractivity contribution in [2.75, 3.05) is 20.2 Å². The molecular formula is C18H27IN4OS. The first-order chi connectivity index (χ1) is 11.7. The van der Waals surface area contributed by atoms with Crippen molar-refractivity contribution in [2.45, 2.75) is 33.2 Å². The highest BCUT2D eigenvalue weighted by Gasteiger charge is 2.01. The first kappa shape index (κ1) is 21.7. The smallest absolute Gasteiger partial charge is 0.191 e. The number of benzene rings is 1. The lowest BCUT2D eigenvalue weighted by atomic mass is 10.1. The van der Waals surface area contributed by atoms with Crippen LogP contribution in [0.2, 0.25) is 0 Å². The molecule has 0 saturated heterocycles. The predicted octanol–water partition coefficient (Wildman–Crippen LogP) is 3.77. The third-order valence-electron chi connectivity index (χ3n) is 3.45. The fourth-order valence-electron chi connectivity index (χ4n) is 2.29. The predicted molar refractivity (Wildman–Crippen MR) is 116 cm³/mol. The summed E-state index contributed by atoms with van der Waals surface area (Å²) < 4.78 is 5.26. The Labute approximate surface area is 171 Å². The van der Waals surface area contributed by atoms with Gasteiger partial charge < -0.3 is 15.4 Å². The van der Waals surface area contributed by atoms with Crippen LogP contribution >= 0.6 is 35.3 Å². The number of aromatic nitrogens is 1. The fraction of sp³-hybridized carbons (Fsp3) is 0.444. The fourth-order valence-corrected chi connectivity index (χ4v) is 3.00. The van der Waals surface area contributed by atoms with Crippen molar-refractivity contribution in [1.29, 1.82) is 0 Å². The number of aliphatic imine (C=N–C) groups is 1. The molecule has 0 amide bonds. The van der Waals surface area contributed by atoms with Gasteiger partial charge in [-0.05, 0) is 44.4 Å². The van der Waals surface area contributed by atoms with Crippen molar-refractivity contribution < 1.29 is 4.74 Å². The minimum absolute atomic E-state index is 0. The molecule has 1 aromatic carbocycles. The maximum Gasteiger partial charge on any atom is 0.191 e. The molecule has 0 aliphatic rings. The van der Waals surface area contributed by atoms with Crippen LogP contribution in [0.15, 0.2) is 35.5 Å². The van der Waals surface area contributed by atoms with Crippen LogP contribution < -0.4 is 15.4 Å². The number of thiazole rings is 1. The number of nitrogens with zero attached hydrogens (tertiary/aromatic N) is 2. The van der Waals surface area contributed by atoms with Gasteiger partial charge in [0.15, 0.2) is 5.96 Å². The summed E-state index contributed by atoms with van der Waals surface area (Å²) in [6, 6.07) is 8.22.